The molecule has 0 atom stereocenters. The standard InChI is InChI=1S/C12H24/c1-3-5-7-9-11-12-10-8-6-4-2/h5,7H,3-4,6,8-12H2,1-2H3/b7-5-. The third-order valence-electron chi connectivity index (χ3n) is 2.13. The Morgan fingerprint density at radius 2 is 1.42 bits per heavy atom. The molecule has 0 nitrogen and oxygen atoms in total. The molecule has 0 saturated carbocycles. The molecule has 0 saturated heterocycles. The van der Waals surface area contributed by atoms with E-state index in [0.29, 0.717) is 0 Å². The minimum Gasteiger partial charge on any atom is -0.0888 e. The van der Waals surface area contributed by atoms with Gasteiger partial charge in [0.15, 0.2) is 0 Å². The Morgan fingerprint density at radius 1 is 0.750 bits per heavy atom. The molecule has 0 aliphatic rings. The van der Waals surface area contributed by atoms with E-state index >= 15 is 0 Å². The Labute approximate surface area is 78.1 Å². The van der Waals surface area contributed by atoms with Crippen LogP contribution in [0.1, 0.15) is 65.2 Å². The van der Waals surface area contributed by atoms with E-state index in [2.05, 4.69) is 26.0 Å². The first-order chi connectivity index (χ1) is 5.91. The van der Waals surface area contributed by atoms with Crippen LogP contribution in [0.5, 0.6) is 0 Å². The predicted octanol–water partition coefficient (Wildman–Crippen LogP) is 4.70. The summed E-state index contributed by atoms with van der Waals surface area (Å²) in [4.78, 5) is 0. The zero-order valence-corrected chi connectivity index (χ0v) is 8.81. The maximum absolute atomic E-state index is 2.32. The minimum atomic E-state index is 1.19. The van der Waals surface area contributed by atoms with Crippen molar-refractivity contribution in [1.29, 1.82) is 0 Å². The summed E-state index contributed by atoms with van der Waals surface area (Å²) < 4.78 is 0. The Bertz CT molecular complexity index is 92.2. The summed E-state index contributed by atoms with van der Waals surface area (Å²) in [6.07, 6.45) is 15.5. The van der Waals surface area contributed by atoms with Gasteiger partial charge in [0.1, 0.15) is 0 Å². The third-order valence-corrected chi connectivity index (χ3v) is 2.13. The highest BCUT2D eigenvalue weighted by molar-refractivity contribution is 4.79. The minimum absolute atomic E-state index is 1.19. The van der Waals surface area contributed by atoms with Crippen molar-refractivity contribution in [3.63, 3.8) is 0 Å². The smallest absolute Gasteiger partial charge is 0.0351 e. The monoisotopic (exact) mass is 168 g/mol. The van der Waals surface area contributed by atoms with Crippen LogP contribution in [0.4, 0.5) is 0 Å². The van der Waals surface area contributed by atoms with Gasteiger partial charge >= 0.3 is 0 Å². The molecule has 0 heterocycles. The molecule has 0 aliphatic heterocycles. The molecular formula is C12H24. The van der Waals surface area contributed by atoms with Crippen molar-refractivity contribution in [3.8, 4) is 0 Å². The molecular weight excluding hydrogens is 144 g/mol. The van der Waals surface area contributed by atoms with Crippen LogP contribution >= 0.6 is 0 Å². The molecule has 0 fully saturated rings. The Hall–Kier alpha value is -0.260. The molecule has 0 rings (SSSR count). The highest BCUT2D eigenvalue weighted by Gasteiger charge is 1.87. The lowest BCUT2D eigenvalue weighted by Crippen LogP contribution is -1.77. The van der Waals surface area contributed by atoms with E-state index in [1.54, 1.807) is 0 Å². The van der Waals surface area contributed by atoms with E-state index in [4.69, 9.17) is 0 Å². The topological polar surface area (TPSA) is 0 Å². The molecule has 0 radical (unpaired) electrons. The molecule has 12 heavy (non-hydrogen) atoms. The van der Waals surface area contributed by atoms with Crippen molar-refractivity contribution in [3.05, 3.63) is 12.2 Å². The van der Waals surface area contributed by atoms with E-state index < -0.39 is 0 Å². The Kier molecular flexibility index (Phi) is 10.5. The predicted molar refractivity (Wildman–Crippen MR) is 57.4 cm³/mol. The van der Waals surface area contributed by atoms with E-state index in [9.17, 15) is 0 Å². The lowest BCUT2D eigenvalue weighted by Gasteiger charge is -1.97. The van der Waals surface area contributed by atoms with Gasteiger partial charge in [0.25, 0.3) is 0 Å². The molecule has 0 unspecified atom stereocenters. The molecule has 0 aromatic heterocycles. The van der Waals surface area contributed by atoms with Crippen LogP contribution in [-0.2, 0) is 0 Å². The van der Waals surface area contributed by atoms with Gasteiger partial charge in [0, 0.05) is 0 Å². The molecule has 0 aromatic rings. The maximum Gasteiger partial charge on any atom is -0.0351 e. The Balaban J connectivity index is 2.86. The third kappa shape index (κ3) is 9.74. The second kappa shape index (κ2) is 10.7. The summed E-state index contributed by atoms with van der Waals surface area (Å²) in [5.74, 6) is 0. The van der Waals surface area contributed by atoms with Gasteiger partial charge in [-0.3, -0.25) is 0 Å². The molecule has 0 heteroatoms. The van der Waals surface area contributed by atoms with Crippen LogP contribution in [0.2, 0.25) is 0 Å². The van der Waals surface area contributed by atoms with Crippen LogP contribution < -0.4 is 0 Å². The SMILES string of the molecule is CC/C=C\CCCCCCCC. The van der Waals surface area contributed by atoms with Crippen LogP contribution in [0.15, 0.2) is 12.2 Å². The number of rotatable bonds is 8. The summed E-state index contributed by atoms with van der Waals surface area (Å²) in [6.45, 7) is 4.46. The van der Waals surface area contributed by atoms with Crippen LogP contribution in [0.25, 0.3) is 0 Å². The van der Waals surface area contributed by atoms with Gasteiger partial charge in [-0.05, 0) is 19.3 Å². The van der Waals surface area contributed by atoms with Gasteiger partial charge in [-0.1, -0.05) is 58.1 Å². The van der Waals surface area contributed by atoms with Gasteiger partial charge in [-0.15, -0.1) is 0 Å². The summed E-state index contributed by atoms with van der Waals surface area (Å²) in [5, 5.41) is 0. The quantitative estimate of drug-likeness (QED) is 0.364. The van der Waals surface area contributed by atoms with Crippen LogP contribution in [0, 0.1) is 0 Å². The molecule has 0 spiro atoms. The first-order valence-corrected chi connectivity index (χ1v) is 5.56. The summed E-state index contributed by atoms with van der Waals surface area (Å²) in [7, 11) is 0. The fourth-order valence-corrected chi connectivity index (χ4v) is 1.33. The van der Waals surface area contributed by atoms with Crippen molar-refractivity contribution in [2.45, 2.75) is 65.2 Å². The zero-order chi connectivity index (χ0) is 9.07. The van der Waals surface area contributed by atoms with E-state index in [1.165, 1.54) is 51.4 Å². The highest BCUT2D eigenvalue weighted by Crippen LogP contribution is 2.07. The fourth-order valence-electron chi connectivity index (χ4n) is 1.33. The molecule has 0 aliphatic carbocycles. The summed E-state index contributed by atoms with van der Waals surface area (Å²) in [5.41, 5.74) is 0. The van der Waals surface area contributed by atoms with Crippen molar-refractivity contribution in [2.75, 3.05) is 0 Å². The van der Waals surface area contributed by atoms with E-state index in [-0.39, 0.29) is 0 Å². The van der Waals surface area contributed by atoms with Gasteiger partial charge < -0.3 is 0 Å². The van der Waals surface area contributed by atoms with E-state index in [1.807, 2.05) is 0 Å². The van der Waals surface area contributed by atoms with Crippen molar-refractivity contribution < 1.29 is 0 Å². The van der Waals surface area contributed by atoms with Gasteiger partial charge in [-0.2, -0.15) is 0 Å². The average Bonchev–Trinajstić information content (AvgIpc) is 2.10. The second-order valence-electron chi connectivity index (χ2n) is 3.44. The molecule has 0 aromatic carbocycles. The van der Waals surface area contributed by atoms with Crippen molar-refractivity contribution in [2.24, 2.45) is 0 Å². The number of hydrogen-bond donors (Lipinski definition) is 0. The first-order valence-electron chi connectivity index (χ1n) is 5.56. The van der Waals surface area contributed by atoms with Crippen LogP contribution in [-0.4, -0.2) is 0 Å². The van der Waals surface area contributed by atoms with E-state index in [0.717, 1.165) is 0 Å². The van der Waals surface area contributed by atoms with Gasteiger partial charge in [-0.25, -0.2) is 0 Å². The first kappa shape index (κ1) is 11.7. The lowest BCUT2D eigenvalue weighted by atomic mass is 10.1. The fraction of sp³-hybridized carbons (Fsp3) is 0.833. The number of unbranched alkanes of at least 4 members (excludes halogenated alkanes) is 6. The summed E-state index contributed by atoms with van der Waals surface area (Å²) in [6, 6.07) is 0. The highest BCUT2D eigenvalue weighted by atomic mass is 13.9. The normalized spacial score (nSPS) is 11.2. The number of allylic oxidation sites excluding steroid dienone is 2. The largest absolute Gasteiger partial charge is 0.0888 e. The van der Waals surface area contributed by atoms with Crippen molar-refractivity contribution in [1.82, 2.24) is 0 Å². The van der Waals surface area contributed by atoms with Gasteiger partial charge in [0.05, 0.1) is 0 Å². The molecule has 72 valence electrons. The van der Waals surface area contributed by atoms with Crippen molar-refractivity contribution >= 4 is 0 Å². The second-order valence-corrected chi connectivity index (χ2v) is 3.44. The molecule has 0 N–H and O–H groups in total. The molecule has 0 amide bonds. The maximum atomic E-state index is 2.32. The summed E-state index contributed by atoms with van der Waals surface area (Å²) >= 11 is 0. The number of hydrogen-bond acceptors (Lipinski definition) is 0. The average molecular weight is 168 g/mol. The molecule has 0 bridgehead atoms. The lowest BCUT2D eigenvalue weighted by molar-refractivity contribution is 0.611. The zero-order valence-electron chi connectivity index (χ0n) is 8.81. The Morgan fingerprint density at radius 3 is 2.08 bits per heavy atom. The van der Waals surface area contributed by atoms with Crippen LogP contribution in [0.3, 0.4) is 0 Å². The van der Waals surface area contributed by atoms with Gasteiger partial charge in [0.2, 0.25) is 0 Å².